The van der Waals surface area contributed by atoms with Gasteiger partial charge in [-0.05, 0) is 68.0 Å². The molecule has 1 amide bonds. The Morgan fingerprint density at radius 1 is 0.839 bits per heavy atom. The third kappa shape index (κ3) is 5.64. The number of rotatable bonds is 8. The molecule has 0 aliphatic carbocycles. The van der Waals surface area contributed by atoms with Crippen molar-refractivity contribution in [1.29, 1.82) is 0 Å². The molecule has 0 aromatic heterocycles. The SMILES string of the molecule is CCOc1cc(C(=O)NC(=S)Nc2ccc3ccccc3c2)cc(OCC)c1OCC. The van der Waals surface area contributed by atoms with Crippen molar-refractivity contribution < 1.29 is 19.0 Å². The predicted molar refractivity (Wildman–Crippen MR) is 128 cm³/mol. The number of benzene rings is 3. The van der Waals surface area contributed by atoms with Gasteiger partial charge in [0.15, 0.2) is 16.6 Å². The highest BCUT2D eigenvalue weighted by Crippen LogP contribution is 2.39. The van der Waals surface area contributed by atoms with E-state index in [4.69, 9.17) is 26.4 Å². The molecule has 7 heteroatoms. The van der Waals surface area contributed by atoms with Crippen LogP contribution in [0.4, 0.5) is 5.69 Å². The van der Waals surface area contributed by atoms with E-state index < -0.39 is 0 Å². The first-order chi connectivity index (χ1) is 15.0. The Morgan fingerprint density at radius 3 is 2.06 bits per heavy atom. The molecule has 2 N–H and O–H groups in total. The molecule has 0 saturated carbocycles. The molecule has 0 unspecified atom stereocenters. The van der Waals surface area contributed by atoms with E-state index in [1.165, 1.54) is 0 Å². The average Bonchev–Trinajstić information content (AvgIpc) is 2.76. The quantitative estimate of drug-likeness (QED) is 0.473. The van der Waals surface area contributed by atoms with Crippen molar-refractivity contribution in [3.05, 3.63) is 60.2 Å². The van der Waals surface area contributed by atoms with Gasteiger partial charge in [-0.25, -0.2) is 0 Å². The Labute approximate surface area is 187 Å². The van der Waals surface area contributed by atoms with Crippen LogP contribution in [-0.4, -0.2) is 30.8 Å². The monoisotopic (exact) mass is 438 g/mol. The molecule has 0 spiro atoms. The number of hydrogen-bond acceptors (Lipinski definition) is 5. The first-order valence-corrected chi connectivity index (χ1v) is 10.6. The van der Waals surface area contributed by atoms with Crippen LogP contribution in [0.1, 0.15) is 31.1 Å². The van der Waals surface area contributed by atoms with Crippen LogP contribution in [0.2, 0.25) is 0 Å². The molecule has 0 aliphatic heterocycles. The zero-order valence-corrected chi connectivity index (χ0v) is 18.7. The summed E-state index contributed by atoms with van der Waals surface area (Å²) >= 11 is 5.34. The van der Waals surface area contributed by atoms with Gasteiger partial charge in [0, 0.05) is 11.3 Å². The van der Waals surface area contributed by atoms with Crippen LogP contribution in [0.25, 0.3) is 10.8 Å². The fourth-order valence-corrected chi connectivity index (χ4v) is 3.34. The summed E-state index contributed by atoms with van der Waals surface area (Å²) in [5, 5.41) is 8.18. The molecule has 31 heavy (non-hydrogen) atoms. The lowest BCUT2D eigenvalue weighted by Crippen LogP contribution is -2.34. The second-order valence-corrected chi connectivity index (χ2v) is 6.98. The average molecular weight is 439 g/mol. The zero-order chi connectivity index (χ0) is 22.2. The molecule has 0 fully saturated rings. The molecule has 162 valence electrons. The number of carbonyl (C=O) groups excluding carboxylic acids is 1. The van der Waals surface area contributed by atoms with Gasteiger partial charge in [0.25, 0.3) is 5.91 Å². The minimum atomic E-state index is -0.372. The van der Waals surface area contributed by atoms with Gasteiger partial charge < -0.3 is 19.5 Å². The number of amides is 1. The van der Waals surface area contributed by atoms with Gasteiger partial charge in [0.1, 0.15) is 0 Å². The van der Waals surface area contributed by atoms with Crippen LogP contribution in [0.15, 0.2) is 54.6 Å². The van der Waals surface area contributed by atoms with Crippen molar-refractivity contribution in [3.8, 4) is 17.2 Å². The summed E-state index contributed by atoms with van der Waals surface area (Å²) in [5.74, 6) is 1.02. The van der Waals surface area contributed by atoms with Crippen molar-refractivity contribution >= 4 is 39.7 Å². The van der Waals surface area contributed by atoms with E-state index in [0.29, 0.717) is 42.6 Å². The van der Waals surface area contributed by atoms with Crippen molar-refractivity contribution in [2.75, 3.05) is 25.1 Å². The van der Waals surface area contributed by atoms with E-state index in [1.54, 1.807) is 12.1 Å². The van der Waals surface area contributed by atoms with E-state index in [2.05, 4.69) is 10.6 Å². The normalized spacial score (nSPS) is 10.4. The highest BCUT2D eigenvalue weighted by molar-refractivity contribution is 7.80. The topological polar surface area (TPSA) is 68.8 Å². The first kappa shape index (κ1) is 22.4. The standard InChI is InChI=1S/C24H26N2O4S/c1-4-28-20-14-18(15-21(29-5-2)22(20)30-6-3)23(27)26-24(31)25-19-12-11-16-9-7-8-10-17(16)13-19/h7-15H,4-6H2,1-3H3,(H2,25,26,27,31). The van der Waals surface area contributed by atoms with Gasteiger partial charge >= 0.3 is 0 Å². The molecule has 0 aliphatic rings. The number of fused-ring (bicyclic) bond motifs is 1. The number of anilines is 1. The Bertz CT molecular complexity index is 1060. The van der Waals surface area contributed by atoms with Gasteiger partial charge in [0.05, 0.1) is 19.8 Å². The summed E-state index contributed by atoms with van der Waals surface area (Å²) in [6.45, 7) is 6.92. The highest BCUT2D eigenvalue weighted by atomic mass is 32.1. The van der Waals surface area contributed by atoms with Crippen molar-refractivity contribution in [3.63, 3.8) is 0 Å². The minimum Gasteiger partial charge on any atom is -0.490 e. The summed E-state index contributed by atoms with van der Waals surface area (Å²) in [4.78, 5) is 12.8. The molecule has 3 aromatic rings. The summed E-state index contributed by atoms with van der Waals surface area (Å²) < 4.78 is 17.0. The molecule has 3 aromatic carbocycles. The minimum absolute atomic E-state index is 0.199. The lowest BCUT2D eigenvalue weighted by Gasteiger charge is -2.17. The number of ether oxygens (including phenoxy) is 3. The molecule has 6 nitrogen and oxygen atoms in total. The van der Waals surface area contributed by atoms with Crippen LogP contribution in [0, 0.1) is 0 Å². The number of thiocarbonyl (C=S) groups is 1. The van der Waals surface area contributed by atoms with Gasteiger partial charge in [-0.15, -0.1) is 0 Å². The maximum absolute atomic E-state index is 12.8. The van der Waals surface area contributed by atoms with Crippen molar-refractivity contribution in [2.24, 2.45) is 0 Å². The second-order valence-electron chi connectivity index (χ2n) is 6.57. The summed E-state index contributed by atoms with van der Waals surface area (Å²) in [7, 11) is 0. The van der Waals surface area contributed by atoms with Crippen LogP contribution in [0.5, 0.6) is 17.2 Å². The van der Waals surface area contributed by atoms with Crippen LogP contribution >= 0.6 is 12.2 Å². The van der Waals surface area contributed by atoms with Gasteiger partial charge in [-0.3, -0.25) is 10.1 Å². The van der Waals surface area contributed by atoms with Crippen LogP contribution in [0.3, 0.4) is 0 Å². The molecule has 0 saturated heterocycles. The van der Waals surface area contributed by atoms with Crippen molar-refractivity contribution in [2.45, 2.75) is 20.8 Å². The Morgan fingerprint density at radius 2 is 1.45 bits per heavy atom. The molecule has 0 radical (unpaired) electrons. The first-order valence-electron chi connectivity index (χ1n) is 10.2. The Hall–Kier alpha value is -3.32. The summed E-state index contributed by atoms with van der Waals surface area (Å²) in [5.41, 5.74) is 1.15. The van der Waals surface area contributed by atoms with Crippen molar-refractivity contribution in [1.82, 2.24) is 5.32 Å². The lowest BCUT2D eigenvalue weighted by atomic mass is 10.1. The van der Waals surface area contributed by atoms with Gasteiger partial charge in [-0.1, -0.05) is 30.3 Å². The van der Waals surface area contributed by atoms with E-state index in [-0.39, 0.29) is 11.0 Å². The largest absolute Gasteiger partial charge is 0.490 e. The number of nitrogens with one attached hydrogen (secondary N) is 2. The molecule has 0 atom stereocenters. The van der Waals surface area contributed by atoms with Crippen LogP contribution in [-0.2, 0) is 0 Å². The van der Waals surface area contributed by atoms with E-state index in [1.807, 2.05) is 63.2 Å². The molecule has 0 bridgehead atoms. The Kier molecular flexibility index (Phi) is 7.67. The predicted octanol–water partition coefficient (Wildman–Crippen LogP) is 5.16. The zero-order valence-electron chi connectivity index (χ0n) is 17.9. The number of carbonyl (C=O) groups is 1. The molecular formula is C24H26N2O4S. The highest BCUT2D eigenvalue weighted by Gasteiger charge is 2.19. The van der Waals surface area contributed by atoms with Gasteiger partial charge in [0.2, 0.25) is 5.75 Å². The van der Waals surface area contributed by atoms with E-state index in [9.17, 15) is 4.79 Å². The third-order valence-corrected chi connectivity index (χ3v) is 4.61. The fourth-order valence-electron chi connectivity index (χ4n) is 3.12. The summed E-state index contributed by atoms with van der Waals surface area (Å²) in [6.07, 6.45) is 0. The maximum Gasteiger partial charge on any atom is 0.257 e. The van der Waals surface area contributed by atoms with E-state index >= 15 is 0 Å². The second kappa shape index (κ2) is 10.6. The Balaban J connectivity index is 1.78. The maximum atomic E-state index is 12.8. The fraction of sp³-hybridized carbons (Fsp3) is 0.250. The number of hydrogen-bond donors (Lipinski definition) is 2. The van der Waals surface area contributed by atoms with E-state index in [0.717, 1.165) is 16.5 Å². The molecule has 0 heterocycles. The van der Waals surface area contributed by atoms with Gasteiger partial charge in [-0.2, -0.15) is 0 Å². The molecular weight excluding hydrogens is 412 g/mol. The summed E-state index contributed by atoms with van der Waals surface area (Å²) in [6, 6.07) is 17.2. The third-order valence-electron chi connectivity index (χ3n) is 4.41. The lowest BCUT2D eigenvalue weighted by molar-refractivity contribution is 0.0976. The smallest absolute Gasteiger partial charge is 0.257 e. The van der Waals surface area contributed by atoms with Crippen LogP contribution < -0.4 is 24.8 Å². The molecule has 3 rings (SSSR count).